The molecule has 5 nitrogen and oxygen atoms in total. The molecule has 3 aliphatic heterocycles. The summed E-state index contributed by atoms with van der Waals surface area (Å²) in [6.45, 7) is 18.0. The van der Waals surface area contributed by atoms with Crippen LogP contribution in [0.2, 0.25) is 0 Å². The minimum absolute atomic E-state index is 1.19. The maximum atomic E-state index is 3.90. The summed E-state index contributed by atoms with van der Waals surface area (Å²) in [5.41, 5.74) is 1.19. The lowest BCUT2D eigenvalue weighted by atomic mass is 10.2. The molecule has 24 heavy (non-hydrogen) atoms. The van der Waals surface area contributed by atoms with Crippen LogP contribution in [0, 0.1) is 0 Å². The van der Waals surface area contributed by atoms with Crippen molar-refractivity contribution in [1.82, 2.24) is 19.7 Å². The van der Waals surface area contributed by atoms with Gasteiger partial charge in [0, 0.05) is 71.4 Å². The monoisotopic (exact) mass is 335 g/mol. The molecule has 0 spiro atoms. The molecule has 1 aromatic rings. The first-order valence-corrected chi connectivity index (χ1v) is 9.35. The zero-order valence-corrected chi connectivity index (χ0v) is 16.4. The normalized spacial score (nSPS) is 21.4. The molecule has 0 atom stereocenters. The van der Waals surface area contributed by atoms with Gasteiger partial charge in [0.05, 0.1) is 0 Å². The largest absolute Gasteiger partial charge is 0.378 e. The molecular weight excluding hydrogens is 298 g/mol. The Morgan fingerprint density at radius 2 is 1.17 bits per heavy atom. The van der Waals surface area contributed by atoms with Crippen LogP contribution in [0.15, 0.2) is 24.5 Å². The van der Waals surface area contributed by atoms with Gasteiger partial charge in [-0.05, 0) is 31.8 Å². The van der Waals surface area contributed by atoms with E-state index in [1.165, 1.54) is 64.6 Å². The van der Waals surface area contributed by atoms with E-state index in [4.69, 9.17) is 0 Å². The molecule has 0 saturated carbocycles. The van der Waals surface area contributed by atoms with E-state index in [2.05, 4.69) is 40.5 Å². The number of piperazine rings is 3. The first kappa shape index (κ1) is 20.9. The molecule has 0 aliphatic carbocycles. The van der Waals surface area contributed by atoms with Gasteiger partial charge in [-0.1, -0.05) is 20.8 Å². The van der Waals surface area contributed by atoms with Gasteiger partial charge in [-0.3, -0.25) is 14.8 Å². The minimum atomic E-state index is 1.19. The van der Waals surface area contributed by atoms with Crippen molar-refractivity contribution in [1.29, 1.82) is 0 Å². The highest BCUT2D eigenvalue weighted by atomic mass is 15.3. The van der Waals surface area contributed by atoms with Crippen LogP contribution in [-0.4, -0.2) is 92.7 Å². The molecule has 0 unspecified atom stereocenters. The molecular formula is C19H37N5. The molecule has 3 aliphatic rings. The molecule has 5 heteroatoms. The predicted molar refractivity (Wildman–Crippen MR) is 105 cm³/mol. The number of pyridine rings is 1. The van der Waals surface area contributed by atoms with Crippen LogP contribution >= 0.6 is 0 Å². The second-order valence-corrected chi connectivity index (χ2v) is 6.40. The summed E-state index contributed by atoms with van der Waals surface area (Å²) in [5.74, 6) is 0. The van der Waals surface area contributed by atoms with Crippen LogP contribution in [0.3, 0.4) is 0 Å². The molecule has 4 heterocycles. The lowest BCUT2D eigenvalue weighted by Gasteiger charge is -2.41. The molecule has 2 bridgehead atoms. The van der Waals surface area contributed by atoms with Crippen molar-refractivity contribution in [3.05, 3.63) is 24.5 Å². The third-order valence-electron chi connectivity index (χ3n) is 4.72. The van der Waals surface area contributed by atoms with Gasteiger partial charge in [-0.15, -0.1) is 0 Å². The Hall–Kier alpha value is -1.17. The summed E-state index contributed by atoms with van der Waals surface area (Å²) in [5, 5.41) is 0. The van der Waals surface area contributed by atoms with E-state index in [0.29, 0.717) is 0 Å². The van der Waals surface area contributed by atoms with Crippen LogP contribution in [-0.2, 0) is 0 Å². The van der Waals surface area contributed by atoms with E-state index in [-0.39, 0.29) is 0 Å². The lowest BCUT2D eigenvalue weighted by Crippen LogP contribution is -2.55. The molecule has 1 aromatic heterocycles. The summed E-state index contributed by atoms with van der Waals surface area (Å²) in [6, 6.07) is 3.94. The summed E-state index contributed by atoms with van der Waals surface area (Å²) in [7, 11) is 4.02. The Labute approximate surface area is 149 Å². The van der Waals surface area contributed by atoms with Crippen LogP contribution in [0.1, 0.15) is 20.8 Å². The first-order valence-electron chi connectivity index (χ1n) is 9.35. The maximum Gasteiger partial charge on any atom is 0.0391 e. The van der Waals surface area contributed by atoms with Gasteiger partial charge >= 0.3 is 0 Å². The molecule has 138 valence electrons. The number of rotatable bonds is 4. The van der Waals surface area contributed by atoms with E-state index < -0.39 is 0 Å². The third-order valence-corrected chi connectivity index (χ3v) is 4.72. The Kier molecular flexibility index (Phi) is 10.6. The van der Waals surface area contributed by atoms with Crippen LogP contribution < -0.4 is 4.90 Å². The number of anilines is 1. The summed E-state index contributed by atoms with van der Waals surface area (Å²) in [6.07, 6.45) is 3.57. The van der Waals surface area contributed by atoms with Gasteiger partial charge in [0.2, 0.25) is 0 Å². The number of hydrogen-bond donors (Lipinski definition) is 0. The molecule has 3 fully saturated rings. The highest BCUT2D eigenvalue weighted by molar-refractivity contribution is 5.42. The fourth-order valence-corrected chi connectivity index (χ4v) is 2.83. The Balaban J connectivity index is 0.000000182. The van der Waals surface area contributed by atoms with Crippen molar-refractivity contribution in [2.45, 2.75) is 20.8 Å². The van der Waals surface area contributed by atoms with Crippen LogP contribution in [0.25, 0.3) is 0 Å². The molecule has 0 amide bonds. The van der Waals surface area contributed by atoms with Crippen molar-refractivity contribution in [3.63, 3.8) is 0 Å². The molecule has 0 aromatic carbocycles. The zero-order valence-electron chi connectivity index (χ0n) is 16.4. The molecule has 0 N–H and O–H groups in total. The van der Waals surface area contributed by atoms with Gasteiger partial charge in [-0.2, -0.15) is 0 Å². The lowest BCUT2D eigenvalue weighted by molar-refractivity contribution is 0.0647. The van der Waals surface area contributed by atoms with E-state index in [1.54, 1.807) is 12.4 Å². The number of hydrogen-bond acceptors (Lipinski definition) is 5. The van der Waals surface area contributed by atoms with E-state index in [9.17, 15) is 0 Å². The Bertz CT molecular complexity index is 369. The zero-order chi connectivity index (χ0) is 17.8. The van der Waals surface area contributed by atoms with E-state index in [0.717, 1.165) is 0 Å². The van der Waals surface area contributed by atoms with Gasteiger partial charge in [-0.25, -0.2) is 0 Å². The van der Waals surface area contributed by atoms with Crippen molar-refractivity contribution in [2.75, 3.05) is 77.9 Å². The standard InChI is InChI=1S/C7H10N2.C6H12N2.C6H15N/c1-9(2)7-3-5-8-6-4-7;1-2-8-5-3-7(1)4-6-8;1-4-7(5-2)6-3/h3-6H,1-2H3;1-6H2;4-6H2,1-3H3. The summed E-state index contributed by atoms with van der Waals surface area (Å²) >= 11 is 0. The quantitative estimate of drug-likeness (QED) is 0.840. The maximum absolute atomic E-state index is 3.90. The van der Waals surface area contributed by atoms with Crippen molar-refractivity contribution in [2.24, 2.45) is 0 Å². The average molecular weight is 336 g/mol. The van der Waals surface area contributed by atoms with E-state index in [1.807, 2.05) is 31.1 Å². The van der Waals surface area contributed by atoms with Crippen molar-refractivity contribution in [3.8, 4) is 0 Å². The van der Waals surface area contributed by atoms with Crippen LogP contribution in [0.5, 0.6) is 0 Å². The number of aromatic nitrogens is 1. The predicted octanol–water partition coefficient (Wildman–Crippen LogP) is 2.11. The van der Waals surface area contributed by atoms with Crippen molar-refractivity contribution >= 4 is 5.69 Å². The van der Waals surface area contributed by atoms with Gasteiger partial charge in [0.1, 0.15) is 0 Å². The molecule has 3 saturated heterocycles. The SMILES string of the molecule is C1CN2CCN1CC2.CCN(CC)CC.CN(C)c1ccncc1. The Morgan fingerprint density at radius 1 is 0.792 bits per heavy atom. The Morgan fingerprint density at radius 3 is 1.33 bits per heavy atom. The topological polar surface area (TPSA) is 25.9 Å². The van der Waals surface area contributed by atoms with E-state index >= 15 is 0 Å². The van der Waals surface area contributed by atoms with Crippen LogP contribution in [0.4, 0.5) is 5.69 Å². The highest BCUT2D eigenvalue weighted by Crippen LogP contribution is 2.07. The first-order chi connectivity index (χ1) is 11.6. The highest BCUT2D eigenvalue weighted by Gasteiger charge is 2.21. The second kappa shape index (κ2) is 12.2. The number of fused-ring (bicyclic) bond motifs is 3. The third kappa shape index (κ3) is 8.08. The van der Waals surface area contributed by atoms with Gasteiger partial charge < -0.3 is 9.80 Å². The van der Waals surface area contributed by atoms with Gasteiger partial charge in [0.25, 0.3) is 0 Å². The number of nitrogens with zero attached hydrogens (tertiary/aromatic N) is 5. The average Bonchev–Trinajstić information content (AvgIpc) is 2.66. The summed E-state index contributed by atoms with van der Waals surface area (Å²) < 4.78 is 0. The van der Waals surface area contributed by atoms with Gasteiger partial charge in [0.15, 0.2) is 0 Å². The second-order valence-electron chi connectivity index (χ2n) is 6.40. The molecule has 0 radical (unpaired) electrons. The smallest absolute Gasteiger partial charge is 0.0391 e. The fraction of sp³-hybridized carbons (Fsp3) is 0.737. The van der Waals surface area contributed by atoms with Crippen molar-refractivity contribution < 1.29 is 0 Å². The fourth-order valence-electron chi connectivity index (χ4n) is 2.83. The minimum Gasteiger partial charge on any atom is -0.378 e. The molecule has 4 rings (SSSR count). The summed E-state index contributed by atoms with van der Waals surface area (Å²) in [4.78, 5) is 13.4.